The number of aromatic nitrogens is 3. The zero-order valence-corrected chi connectivity index (χ0v) is 12.7. The predicted octanol–water partition coefficient (Wildman–Crippen LogP) is 4.46. The van der Waals surface area contributed by atoms with E-state index < -0.39 is 0 Å². The molecule has 1 aromatic carbocycles. The van der Waals surface area contributed by atoms with Gasteiger partial charge >= 0.3 is 0 Å². The van der Waals surface area contributed by atoms with Gasteiger partial charge in [0.25, 0.3) is 0 Å². The number of hydrogen-bond donors (Lipinski definition) is 0. The summed E-state index contributed by atoms with van der Waals surface area (Å²) in [6.45, 7) is 4.32. The van der Waals surface area contributed by atoms with E-state index in [4.69, 9.17) is 5.10 Å². The number of hydrogen-bond acceptors (Lipinski definition) is 2. The van der Waals surface area contributed by atoms with Crippen LogP contribution in [0, 0.1) is 6.92 Å². The third-order valence-corrected chi connectivity index (χ3v) is 3.81. The van der Waals surface area contributed by atoms with E-state index >= 15 is 0 Å². The van der Waals surface area contributed by atoms with Crippen LogP contribution in [0.5, 0.6) is 0 Å². The first-order valence-electron chi connectivity index (χ1n) is 7.69. The Morgan fingerprint density at radius 1 is 1.05 bits per heavy atom. The van der Waals surface area contributed by atoms with Crippen molar-refractivity contribution in [2.75, 3.05) is 0 Å². The highest BCUT2D eigenvalue weighted by Crippen LogP contribution is 2.22. The Bertz CT molecular complexity index is 726. The van der Waals surface area contributed by atoms with Crippen LogP contribution in [0.15, 0.2) is 42.6 Å². The van der Waals surface area contributed by atoms with Crippen LogP contribution >= 0.6 is 0 Å². The normalized spacial score (nSPS) is 11.1. The minimum Gasteiger partial charge on any atom is -0.237 e. The van der Waals surface area contributed by atoms with Gasteiger partial charge in [0.2, 0.25) is 0 Å². The molecule has 0 atom stereocenters. The van der Waals surface area contributed by atoms with Gasteiger partial charge in [0, 0.05) is 11.6 Å². The van der Waals surface area contributed by atoms with E-state index in [1.54, 1.807) is 0 Å². The third-order valence-electron chi connectivity index (χ3n) is 3.81. The molecule has 0 bridgehead atoms. The summed E-state index contributed by atoms with van der Waals surface area (Å²) in [5.74, 6) is 0. The standard InChI is InChI=1S/C18H21N3/c1-3-4-5-8-17-16-7-6-13-19-18(16)21(20-17)15-11-9-14(2)10-12-15/h6-7,9-13H,3-5,8H2,1-2H3. The van der Waals surface area contributed by atoms with Crippen LogP contribution in [0.2, 0.25) is 0 Å². The summed E-state index contributed by atoms with van der Waals surface area (Å²) in [7, 11) is 0. The minimum absolute atomic E-state index is 0.952. The summed E-state index contributed by atoms with van der Waals surface area (Å²) in [6, 6.07) is 12.6. The quantitative estimate of drug-likeness (QED) is 0.645. The maximum absolute atomic E-state index is 4.82. The number of rotatable bonds is 5. The van der Waals surface area contributed by atoms with Gasteiger partial charge in [-0.1, -0.05) is 37.5 Å². The molecule has 0 aliphatic rings. The molecule has 3 aromatic rings. The molecule has 0 unspecified atom stereocenters. The smallest absolute Gasteiger partial charge is 0.163 e. The molecule has 21 heavy (non-hydrogen) atoms. The Morgan fingerprint density at radius 3 is 2.62 bits per heavy atom. The summed E-state index contributed by atoms with van der Waals surface area (Å²) in [6.07, 6.45) is 6.53. The molecule has 0 radical (unpaired) electrons. The Morgan fingerprint density at radius 2 is 1.86 bits per heavy atom. The fourth-order valence-corrected chi connectivity index (χ4v) is 2.61. The van der Waals surface area contributed by atoms with Gasteiger partial charge in [-0.25, -0.2) is 9.67 Å². The molecular formula is C18H21N3. The minimum atomic E-state index is 0.952. The van der Waals surface area contributed by atoms with Crippen molar-refractivity contribution in [1.29, 1.82) is 0 Å². The molecule has 2 heterocycles. The number of fused-ring (bicyclic) bond motifs is 1. The van der Waals surface area contributed by atoms with Crippen LogP contribution < -0.4 is 0 Å². The first kappa shape index (κ1) is 13.8. The Kier molecular flexibility index (Phi) is 4.00. The van der Waals surface area contributed by atoms with E-state index in [9.17, 15) is 0 Å². The van der Waals surface area contributed by atoms with Crippen molar-refractivity contribution in [1.82, 2.24) is 14.8 Å². The zero-order chi connectivity index (χ0) is 14.7. The topological polar surface area (TPSA) is 30.7 Å². The first-order chi connectivity index (χ1) is 10.3. The fourth-order valence-electron chi connectivity index (χ4n) is 2.61. The lowest BCUT2D eigenvalue weighted by atomic mass is 10.1. The second kappa shape index (κ2) is 6.08. The van der Waals surface area contributed by atoms with Crippen molar-refractivity contribution in [3.8, 4) is 5.69 Å². The first-order valence-corrected chi connectivity index (χ1v) is 7.69. The summed E-state index contributed by atoms with van der Waals surface area (Å²) < 4.78 is 1.97. The van der Waals surface area contributed by atoms with Gasteiger partial charge in [0.15, 0.2) is 5.65 Å². The SMILES string of the molecule is CCCCCc1nn(-c2ccc(C)cc2)c2ncccc12. The summed E-state index contributed by atoms with van der Waals surface area (Å²) in [4.78, 5) is 4.53. The maximum Gasteiger partial charge on any atom is 0.163 e. The Hall–Kier alpha value is -2.16. The second-order valence-electron chi connectivity index (χ2n) is 5.53. The maximum atomic E-state index is 4.82. The molecule has 0 N–H and O–H groups in total. The van der Waals surface area contributed by atoms with Gasteiger partial charge in [-0.3, -0.25) is 0 Å². The molecule has 0 spiro atoms. The highest BCUT2D eigenvalue weighted by Gasteiger charge is 2.12. The van der Waals surface area contributed by atoms with Crippen LogP contribution in [-0.2, 0) is 6.42 Å². The molecule has 0 aliphatic carbocycles. The predicted molar refractivity (Wildman–Crippen MR) is 86.8 cm³/mol. The van der Waals surface area contributed by atoms with Crippen molar-refractivity contribution in [3.05, 3.63) is 53.9 Å². The van der Waals surface area contributed by atoms with E-state index in [0.29, 0.717) is 0 Å². The molecule has 3 nitrogen and oxygen atoms in total. The Balaban J connectivity index is 2.04. The van der Waals surface area contributed by atoms with Crippen molar-refractivity contribution < 1.29 is 0 Å². The summed E-state index contributed by atoms with van der Waals surface area (Å²) in [5, 5.41) is 5.99. The van der Waals surface area contributed by atoms with Crippen molar-refractivity contribution in [3.63, 3.8) is 0 Å². The van der Waals surface area contributed by atoms with Crippen LogP contribution in [0.1, 0.15) is 37.4 Å². The molecular weight excluding hydrogens is 258 g/mol. The van der Waals surface area contributed by atoms with Crippen molar-refractivity contribution >= 4 is 11.0 Å². The van der Waals surface area contributed by atoms with Crippen LogP contribution in [-0.4, -0.2) is 14.8 Å². The molecule has 0 fully saturated rings. The number of pyridine rings is 1. The molecule has 0 aliphatic heterocycles. The lowest BCUT2D eigenvalue weighted by Crippen LogP contribution is -1.98. The van der Waals surface area contributed by atoms with Crippen LogP contribution in [0.25, 0.3) is 16.7 Å². The lowest BCUT2D eigenvalue weighted by Gasteiger charge is -2.02. The number of benzene rings is 1. The molecule has 3 rings (SSSR count). The van der Waals surface area contributed by atoms with E-state index in [-0.39, 0.29) is 0 Å². The van der Waals surface area contributed by atoms with Gasteiger partial charge in [-0.2, -0.15) is 5.10 Å². The van der Waals surface area contributed by atoms with E-state index in [1.165, 1.54) is 30.2 Å². The molecule has 2 aromatic heterocycles. The number of aryl methyl sites for hydroxylation is 2. The van der Waals surface area contributed by atoms with Gasteiger partial charge < -0.3 is 0 Å². The fraction of sp³-hybridized carbons (Fsp3) is 0.333. The Labute approximate surface area is 125 Å². The molecule has 3 heteroatoms. The molecule has 108 valence electrons. The van der Waals surface area contributed by atoms with E-state index in [1.807, 2.05) is 16.9 Å². The summed E-state index contributed by atoms with van der Waals surface area (Å²) in [5.41, 5.74) is 4.44. The van der Waals surface area contributed by atoms with Gasteiger partial charge in [0.05, 0.1) is 11.4 Å². The number of nitrogens with zero attached hydrogens (tertiary/aromatic N) is 3. The van der Waals surface area contributed by atoms with Crippen molar-refractivity contribution in [2.24, 2.45) is 0 Å². The van der Waals surface area contributed by atoms with Crippen LogP contribution in [0.3, 0.4) is 0 Å². The van der Waals surface area contributed by atoms with Crippen molar-refractivity contribution in [2.45, 2.75) is 39.5 Å². The van der Waals surface area contributed by atoms with Gasteiger partial charge in [0.1, 0.15) is 0 Å². The zero-order valence-electron chi connectivity index (χ0n) is 12.7. The van der Waals surface area contributed by atoms with Gasteiger partial charge in [-0.15, -0.1) is 0 Å². The highest BCUT2D eigenvalue weighted by atomic mass is 15.3. The van der Waals surface area contributed by atoms with Gasteiger partial charge in [-0.05, 0) is 44.0 Å². The monoisotopic (exact) mass is 279 g/mol. The average molecular weight is 279 g/mol. The van der Waals surface area contributed by atoms with E-state index in [0.717, 1.165) is 23.4 Å². The third kappa shape index (κ3) is 2.82. The average Bonchev–Trinajstić information content (AvgIpc) is 2.88. The summed E-state index contributed by atoms with van der Waals surface area (Å²) >= 11 is 0. The molecule has 0 amide bonds. The second-order valence-corrected chi connectivity index (χ2v) is 5.53. The number of unbranched alkanes of at least 4 members (excludes halogenated alkanes) is 2. The highest BCUT2D eigenvalue weighted by molar-refractivity contribution is 5.79. The lowest BCUT2D eigenvalue weighted by molar-refractivity contribution is 0.700. The largest absolute Gasteiger partial charge is 0.237 e. The van der Waals surface area contributed by atoms with Crippen LogP contribution in [0.4, 0.5) is 0 Å². The molecule has 0 saturated heterocycles. The van der Waals surface area contributed by atoms with E-state index in [2.05, 4.69) is 49.2 Å². The molecule has 0 saturated carbocycles.